The third-order valence-electron chi connectivity index (χ3n) is 5.16. The van der Waals surface area contributed by atoms with Crippen LogP contribution in [0.5, 0.6) is 11.5 Å². The highest BCUT2D eigenvalue weighted by molar-refractivity contribution is 5.99. The molecule has 1 aliphatic heterocycles. The van der Waals surface area contributed by atoms with Crippen LogP contribution < -0.4 is 14.8 Å². The summed E-state index contributed by atoms with van der Waals surface area (Å²) in [6.07, 6.45) is 1.31. The molecule has 0 radical (unpaired) electrons. The van der Waals surface area contributed by atoms with Crippen molar-refractivity contribution in [3.05, 3.63) is 53.6 Å². The van der Waals surface area contributed by atoms with E-state index in [1.807, 2.05) is 56.3 Å². The van der Waals surface area contributed by atoms with E-state index in [-0.39, 0.29) is 5.91 Å². The zero-order chi connectivity index (χ0) is 19.3. The minimum atomic E-state index is -0.600. The highest BCUT2D eigenvalue weighted by Crippen LogP contribution is 2.37. The molecule has 2 aromatic rings. The van der Waals surface area contributed by atoms with Gasteiger partial charge in [-0.3, -0.25) is 4.79 Å². The Kier molecular flexibility index (Phi) is 6.01. The van der Waals surface area contributed by atoms with Crippen molar-refractivity contribution in [2.24, 2.45) is 0 Å². The van der Waals surface area contributed by atoms with Crippen LogP contribution in [0.15, 0.2) is 42.5 Å². The Hall–Kier alpha value is -2.53. The fourth-order valence-corrected chi connectivity index (χ4v) is 3.57. The van der Waals surface area contributed by atoms with Gasteiger partial charge in [0.2, 0.25) is 5.91 Å². The lowest BCUT2D eigenvalue weighted by molar-refractivity contribution is -0.125. The summed E-state index contributed by atoms with van der Waals surface area (Å²) in [5, 5.41) is 3.11. The number of rotatable bonds is 6. The zero-order valence-corrected chi connectivity index (χ0v) is 16.2. The molecule has 0 bridgehead atoms. The Morgan fingerprint density at radius 3 is 2.44 bits per heavy atom. The normalized spacial score (nSPS) is 15.8. The molecule has 27 heavy (non-hydrogen) atoms. The summed E-state index contributed by atoms with van der Waals surface area (Å²) in [7, 11) is 1.64. The first-order valence-corrected chi connectivity index (χ1v) is 9.36. The molecule has 1 fully saturated rings. The Morgan fingerprint density at radius 2 is 1.85 bits per heavy atom. The molecule has 5 nitrogen and oxygen atoms in total. The number of hydrogen-bond acceptors (Lipinski definition) is 4. The van der Waals surface area contributed by atoms with Gasteiger partial charge in [0.25, 0.3) is 0 Å². The molecule has 5 heteroatoms. The topological polar surface area (TPSA) is 56.8 Å². The maximum Gasteiger partial charge on any atom is 0.235 e. The molecule has 2 aromatic carbocycles. The van der Waals surface area contributed by atoms with Crippen molar-refractivity contribution >= 4 is 11.6 Å². The second kappa shape index (κ2) is 8.44. The van der Waals surface area contributed by atoms with Crippen LogP contribution in [0.3, 0.4) is 0 Å². The van der Waals surface area contributed by atoms with Crippen LogP contribution in [0.1, 0.15) is 30.9 Å². The lowest BCUT2D eigenvalue weighted by Crippen LogP contribution is -2.44. The van der Waals surface area contributed by atoms with Gasteiger partial charge in [-0.2, -0.15) is 0 Å². The summed E-state index contributed by atoms with van der Waals surface area (Å²) in [6, 6.07) is 13.5. The number of anilines is 1. The molecule has 0 unspecified atom stereocenters. The molecular weight excluding hydrogens is 342 g/mol. The Morgan fingerprint density at radius 1 is 1.15 bits per heavy atom. The number of aryl methyl sites for hydroxylation is 1. The van der Waals surface area contributed by atoms with Gasteiger partial charge in [-0.05, 0) is 68.1 Å². The summed E-state index contributed by atoms with van der Waals surface area (Å²) in [5.41, 5.74) is 2.17. The molecular formula is C22H27NO4. The van der Waals surface area contributed by atoms with Crippen LogP contribution in [0.25, 0.3) is 0 Å². The fourth-order valence-electron chi connectivity index (χ4n) is 3.57. The molecule has 1 aliphatic rings. The van der Waals surface area contributed by atoms with Crippen LogP contribution in [-0.2, 0) is 14.9 Å². The Bertz CT molecular complexity index is 779. The highest BCUT2D eigenvalue weighted by atomic mass is 16.5. The molecule has 0 aliphatic carbocycles. The van der Waals surface area contributed by atoms with Gasteiger partial charge in [0, 0.05) is 18.9 Å². The first-order chi connectivity index (χ1) is 13.1. The summed E-state index contributed by atoms with van der Waals surface area (Å²) >= 11 is 0. The van der Waals surface area contributed by atoms with E-state index in [1.165, 1.54) is 0 Å². The van der Waals surface area contributed by atoms with E-state index >= 15 is 0 Å². The first kappa shape index (κ1) is 19.2. The molecule has 0 saturated carbocycles. The van der Waals surface area contributed by atoms with Gasteiger partial charge in [-0.15, -0.1) is 0 Å². The number of amides is 1. The number of ether oxygens (including phenoxy) is 3. The summed E-state index contributed by atoms with van der Waals surface area (Å²) in [4.78, 5) is 13.3. The van der Waals surface area contributed by atoms with Gasteiger partial charge >= 0.3 is 0 Å². The molecule has 1 amide bonds. The van der Waals surface area contributed by atoms with Crippen molar-refractivity contribution in [2.75, 3.05) is 32.2 Å². The standard InChI is InChI=1S/C22H27NO4/c1-4-27-20-10-7-18(15-16(20)2)23-21(24)22(11-13-26-14-12-22)17-5-8-19(25-3)9-6-17/h5-10,15H,4,11-14H2,1-3H3,(H,23,24). The molecule has 144 valence electrons. The van der Waals surface area contributed by atoms with Crippen LogP contribution in [0, 0.1) is 6.92 Å². The third-order valence-corrected chi connectivity index (χ3v) is 5.16. The lowest BCUT2D eigenvalue weighted by Gasteiger charge is -2.36. The Labute approximate surface area is 160 Å². The average molecular weight is 369 g/mol. The molecule has 1 N–H and O–H groups in total. The van der Waals surface area contributed by atoms with Gasteiger partial charge < -0.3 is 19.5 Å². The molecule has 1 heterocycles. The van der Waals surface area contributed by atoms with E-state index in [9.17, 15) is 4.79 Å². The number of benzene rings is 2. The second-order valence-corrected chi connectivity index (χ2v) is 6.79. The van der Waals surface area contributed by atoms with Gasteiger partial charge in [-0.25, -0.2) is 0 Å². The van der Waals surface area contributed by atoms with Crippen LogP contribution >= 0.6 is 0 Å². The smallest absolute Gasteiger partial charge is 0.235 e. The summed E-state index contributed by atoms with van der Waals surface area (Å²) < 4.78 is 16.4. The van der Waals surface area contributed by atoms with Crippen molar-refractivity contribution in [3.63, 3.8) is 0 Å². The quantitative estimate of drug-likeness (QED) is 0.833. The number of methoxy groups -OCH3 is 1. The number of nitrogens with one attached hydrogen (secondary N) is 1. The van der Waals surface area contributed by atoms with Gasteiger partial charge in [0.1, 0.15) is 11.5 Å². The highest BCUT2D eigenvalue weighted by Gasteiger charge is 2.41. The van der Waals surface area contributed by atoms with Gasteiger partial charge in [-0.1, -0.05) is 12.1 Å². The maximum absolute atomic E-state index is 13.3. The molecule has 1 saturated heterocycles. The average Bonchev–Trinajstić information content (AvgIpc) is 2.70. The SMILES string of the molecule is CCOc1ccc(NC(=O)C2(c3ccc(OC)cc3)CCOCC2)cc1C. The second-order valence-electron chi connectivity index (χ2n) is 6.79. The van der Waals surface area contributed by atoms with E-state index in [0.29, 0.717) is 32.7 Å². The van der Waals surface area contributed by atoms with E-state index < -0.39 is 5.41 Å². The van der Waals surface area contributed by atoms with E-state index in [1.54, 1.807) is 7.11 Å². The third kappa shape index (κ3) is 4.08. The van der Waals surface area contributed by atoms with Gasteiger partial charge in [0.15, 0.2) is 0 Å². The van der Waals surface area contributed by atoms with Crippen molar-refractivity contribution in [2.45, 2.75) is 32.1 Å². The lowest BCUT2D eigenvalue weighted by atomic mass is 9.73. The maximum atomic E-state index is 13.3. The number of carbonyl (C=O) groups excluding carboxylic acids is 1. The summed E-state index contributed by atoms with van der Waals surface area (Å²) in [6.45, 7) is 5.70. The zero-order valence-electron chi connectivity index (χ0n) is 16.2. The first-order valence-electron chi connectivity index (χ1n) is 9.36. The minimum absolute atomic E-state index is 0.000438. The molecule has 3 rings (SSSR count). The predicted octanol–water partition coefficient (Wildman–Crippen LogP) is 4.09. The van der Waals surface area contributed by atoms with E-state index in [2.05, 4.69) is 5.32 Å². The minimum Gasteiger partial charge on any atom is -0.497 e. The number of carbonyl (C=O) groups is 1. The summed E-state index contributed by atoms with van der Waals surface area (Å²) in [5.74, 6) is 1.62. The van der Waals surface area contributed by atoms with Gasteiger partial charge in [0.05, 0.1) is 19.1 Å². The molecule has 0 spiro atoms. The molecule has 0 aromatic heterocycles. The largest absolute Gasteiger partial charge is 0.497 e. The molecule has 0 atom stereocenters. The van der Waals surface area contributed by atoms with Crippen molar-refractivity contribution in [3.8, 4) is 11.5 Å². The van der Waals surface area contributed by atoms with Crippen LogP contribution in [0.4, 0.5) is 5.69 Å². The number of hydrogen-bond donors (Lipinski definition) is 1. The van der Waals surface area contributed by atoms with E-state index in [4.69, 9.17) is 14.2 Å². The fraction of sp³-hybridized carbons (Fsp3) is 0.409. The van der Waals surface area contributed by atoms with Crippen molar-refractivity contribution in [1.29, 1.82) is 0 Å². The van der Waals surface area contributed by atoms with Crippen molar-refractivity contribution < 1.29 is 19.0 Å². The van der Waals surface area contributed by atoms with E-state index in [0.717, 1.165) is 28.3 Å². The van der Waals surface area contributed by atoms with Crippen molar-refractivity contribution in [1.82, 2.24) is 0 Å². The van der Waals surface area contributed by atoms with Crippen LogP contribution in [-0.4, -0.2) is 32.8 Å². The Balaban J connectivity index is 1.86. The predicted molar refractivity (Wildman–Crippen MR) is 106 cm³/mol. The monoisotopic (exact) mass is 369 g/mol. The van der Waals surface area contributed by atoms with Crippen LogP contribution in [0.2, 0.25) is 0 Å².